The molecule has 5 nitrogen and oxygen atoms in total. The quantitative estimate of drug-likeness (QED) is 0.615. The van der Waals surface area contributed by atoms with Crippen molar-refractivity contribution < 1.29 is 9.59 Å². The van der Waals surface area contributed by atoms with Gasteiger partial charge >= 0.3 is 0 Å². The molecule has 4 N–H and O–H groups in total. The number of halogens is 1. The van der Waals surface area contributed by atoms with Crippen LogP contribution in [0.4, 0.5) is 0 Å². The van der Waals surface area contributed by atoms with Gasteiger partial charge in [0.05, 0.1) is 6.54 Å². The van der Waals surface area contributed by atoms with E-state index in [4.69, 9.17) is 5.73 Å². The lowest BCUT2D eigenvalue weighted by atomic mass is 10.0. The van der Waals surface area contributed by atoms with Gasteiger partial charge in [-0.2, -0.15) is 0 Å². The first-order chi connectivity index (χ1) is 7.99. The second-order valence-corrected chi connectivity index (χ2v) is 4.66. The Morgan fingerprint density at radius 2 is 1.83 bits per heavy atom. The molecule has 1 atom stereocenters. The van der Waals surface area contributed by atoms with E-state index >= 15 is 0 Å². The third kappa shape index (κ3) is 10.4. The smallest absolute Gasteiger partial charge is 0.239 e. The zero-order valence-corrected chi connectivity index (χ0v) is 12.3. The van der Waals surface area contributed by atoms with Crippen LogP contribution < -0.4 is 16.4 Å². The van der Waals surface area contributed by atoms with Crippen LogP contribution in [0.3, 0.4) is 0 Å². The Morgan fingerprint density at radius 3 is 2.28 bits per heavy atom. The highest BCUT2D eigenvalue weighted by atomic mass is 35.5. The largest absolute Gasteiger partial charge is 0.351 e. The van der Waals surface area contributed by atoms with E-state index in [1.54, 1.807) is 0 Å². The first-order valence-electron chi connectivity index (χ1n) is 6.25. The molecule has 0 radical (unpaired) electrons. The average Bonchev–Trinajstić information content (AvgIpc) is 2.25. The van der Waals surface area contributed by atoms with Gasteiger partial charge in [0.25, 0.3) is 0 Å². The molecule has 0 aromatic heterocycles. The summed E-state index contributed by atoms with van der Waals surface area (Å²) in [5.41, 5.74) is 5.57. The normalized spacial score (nSPS) is 11.6. The van der Waals surface area contributed by atoms with Gasteiger partial charge in [0.1, 0.15) is 0 Å². The molecular weight excluding hydrogens is 254 g/mol. The maximum absolute atomic E-state index is 11.5. The van der Waals surface area contributed by atoms with E-state index in [1.807, 2.05) is 6.92 Å². The predicted octanol–water partition coefficient (Wildman–Crippen LogP) is 0.814. The maximum atomic E-state index is 11.5. The number of carbonyl (C=O) groups excluding carboxylic acids is 2. The van der Waals surface area contributed by atoms with Gasteiger partial charge in [-0.25, -0.2) is 0 Å². The van der Waals surface area contributed by atoms with E-state index in [9.17, 15) is 9.59 Å². The highest BCUT2D eigenvalue weighted by Crippen LogP contribution is 2.03. The molecule has 0 aromatic carbocycles. The molecule has 0 aromatic rings. The van der Waals surface area contributed by atoms with Crippen LogP contribution in [-0.4, -0.2) is 30.9 Å². The number of carbonyl (C=O) groups is 2. The zero-order chi connectivity index (χ0) is 13.3. The molecular formula is C12H26ClN3O2. The van der Waals surface area contributed by atoms with Crippen LogP contribution in [-0.2, 0) is 9.59 Å². The summed E-state index contributed by atoms with van der Waals surface area (Å²) in [4.78, 5) is 22.7. The summed E-state index contributed by atoms with van der Waals surface area (Å²) in [5, 5.41) is 5.39. The summed E-state index contributed by atoms with van der Waals surface area (Å²) in [7, 11) is 0. The van der Waals surface area contributed by atoms with Gasteiger partial charge in [0.15, 0.2) is 0 Å². The fourth-order valence-corrected chi connectivity index (χ4v) is 1.56. The molecule has 108 valence electrons. The van der Waals surface area contributed by atoms with Crippen LogP contribution in [0.2, 0.25) is 0 Å². The second kappa shape index (κ2) is 11.3. The Labute approximate surface area is 116 Å². The number of amides is 2. The SMILES string of the molecule is CCCC(=O)NCC(=O)NC(CN)CC(C)C.Cl. The van der Waals surface area contributed by atoms with Crippen LogP contribution in [0.15, 0.2) is 0 Å². The van der Waals surface area contributed by atoms with Gasteiger partial charge in [0.2, 0.25) is 11.8 Å². The van der Waals surface area contributed by atoms with Crippen LogP contribution in [0.1, 0.15) is 40.0 Å². The van der Waals surface area contributed by atoms with Gasteiger partial charge in [-0.1, -0.05) is 20.8 Å². The van der Waals surface area contributed by atoms with Gasteiger partial charge < -0.3 is 16.4 Å². The van der Waals surface area contributed by atoms with Crippen LogP contribution in [0.5, 0.6) is 0 Å². The van der Waals surface area contributed by atoms with Crippen molar-refractivity contribution in [3.05, 3.63) is 0 Å². The molecule has 0 aliphatic rings. The summed E-state index contributed by atoms with van der Waals surface area (Å²) < 4.78 is 0. The van der Waals surface area contributed by atoms with Gasteiger partial charge in [-0.3, -0.25) is 9.59 Å². The zero-order valence-electron chi connectivity index (χ0n) is 11.5. The molecule has 0 spiro atoms. The van der Waals surface area contributed by atoms with Crippen LogP contribution in [0, 0.1) is 5.92 Å². The summed E-state index contributed by atoms with van der Waals surface area (Å²) in [6.07, 6.45) is 2.09. The lowest BCUT2D eigenvalue weighted by Gasteiger charge is -2.18. The van der Waals surface area contributed by atoms with E-state index in [0.717, 1.165) is 12.8 Å². The lowest BCUT2D eigenvalue weighted by Crippen LogP contribution is -2.45. The Kier molecular flexibility index (Phi) is 12.2. The number of hydrogen-bond donors (Lipinski definition) is 3. The van der Waals surface area contributed by atoms with Crippen molar-refractivity contribution in [2.45, 2.75) is 46.1 Å². The molecule has 0 fully saturated rings. The first-order valence-corrected chi connectivity index (χ1v) is 6.25. The Bertz CT molecular complexity index is 247. The molecule has 0 saturated heterocycles. The molecule has 2 amide bonds. The number of nitrogens with one attached hydrogen (secondary N) is 2. The predicted molar refractivity (Wildman–Crippen MR) is 75.6 cm³/mol. The minimum absolute atomic E-state index is 0. The van der Waals surface area contributed by atoms with Gasteiger partial charge in [0, 0.05) is 19.0 Å². The van der Waals surface area contributed by atoms with E-state index in [2.05, 4.69) is 24.5 Å². The summed E-state index contributed by atoms with van der Waals surface area (Å²) >= 11 is 0. The number of nitrogens with two attached hydrogens (primary N) is 1. The number of hydrogen-bond acceptors (Lipinski definition) is 3. The highest BCUT2D eigenvalue weighted by molar-refractivity contribution is 5.85. The van der Waals surface area contributed by atoms with Crippen molar-refractivity contribution in [1.82, 2.24) is 10.6 Å². The average molecular weight is 280 g/mol. The van der Waals surface area contributed by atoms with E-state index < -0.39 is 0 Å². The summed E-state index contributed by atoms with van der Waals surface area (Å²) in [6, 6.07) is -0.00872. The van der Waals surface area contributed by atoms with Crippen molar-refractivity contribution >= 4 is 24.2 Å². The van der Waals surface area contributed by atoms with E-state index in [-0.39, 0.29) is 36.8 Å². The second-order valence-electron chi connectivity index (χ2n) is 4.66. The van der Waals surface area contributed by atoms with E-state index in [1.165, 1.54) is 0 Å². The fourth-order valence-electron chi connectivity index (χ4n) is 1.56. The Hall–Kier alpha value is -0.810. The first kappa shape index (κ1) is 19.5. The number of rotatable bonds is 8. The molecule has 0 heterocycles. The van der Waals surface area contributed by atoms with Crippen LogP contribution >= 0.6 is 12.4 Å². The highest BCUT2D eigenvalue weighted by Gasteiger charge is 2.12. The van der Waals surface area contributed by atoms with E-state index in [0.29, 0.717) is 18.9 Å². The van der Waals surface area contributed by atoms with Crippen molar-refractivity contribution in [3.8, 4) is 0 Å². The molecule has 0 saturated carbocycles. The minimum atomic E-state index is -0.175. The van der Waals surface area contributed by atoms with Crippen molar-refractivity contribution in [2.75, 3.05) is 13.1 Å². The van der Waals surface area contributed by atoms with Crippen molar-refractivity contribution in [2.24, 2.45) is 11.7 Å². The summed E-state index contributed by atoms with van der Waals surface area (Å²) in [5.74, 6) is 0.222. The van der Waals surface area contributed by atoms with Crippen LogP contribution in [0.25, 0.3) is 0 Å². The topological polar surface area (TPSA) is 84.2 Å². The summed E-state index contributed by atoms with van der Waals surface area (Å²) in [6.45, 7) is 6.54. The van der Waals surface area contributed by atoms with Crippen molar-refractivity contribution in [3.63, 3.8) is 0 Å². The molecule has 0 aliphatic heterocycles. The third-order valence-electron chi connectivity index (χ3n) is 2.33. The molecule has 0 aliphatic carbocycles. The molecule has 18 heavy (non-hydrogen) atoms. The Balaban J connectivity index is 0. The van der Waals surface area contributed by atoms with Gasteiger partial charge in [-0.15, -0.1) is 12.4 Å². The monoisotopic (exact) mass is 279 g/mol. The van der Waals surface area contributed by atoms with Gasteiger partial charge in [-0.05, 0) is 18.8 Å². The molecule has 6 heteroatoms. The fraction of sp³-hybridized carbons (Fsp3) is 0.833. The minimum Gasteiger partial charge on any atom is -0.351 e. The Morgan fingerprint density at radius 1 is 1.22 bits per heavy atom. The molecule has 0 rings (SSSR count). The van der Waals surface area contributed by atoms with Crippen molar-refractivity contribution in [1.29, 1.82) is 0 Å². The maximum Gasteiger partial charge on any atom is 0.239 e. The standard InChI is InChI=1S/C12H25N3O2.ClH/c1-4-5-11(16)14-8-12(17)15-10(7-13)6-9(2)3;/h9-10H,4-8,13H2,1-3H3,(H,14,16)(H,15,17);1H. The third-order valence-corrected chi connectivity index (χ3v) is 2.33. The molecule has 1 unspecified atom stereocenters. The lowest BCUT2D eigenvalue weighted by molar-refractivity contribution is -0.126. The molecule has 0 bridgehead atoms.